The number of nitrogens with two attached hydrogens (primary N) is 1. The zero-order chi connectivity index (χ0) is 15.5. The first-order valence-corrected chi connectivity index (χ1v) is 8.42. The first-order chi connectivity index (χ1) is 9.96. The lowest BCUT2D eigenvalue weighted by atomic mass is 10.2. The fourth-order valence-corrected chi connectivity index (χ4v) is 3.29. The summed E-state index contributed by atoms with van der Waals surface area (Å²) in [6.07, 6.45) is 0.906. The van der Waals surface area contributed by atoms with Gasteiger partial charge in [0.2, 0.25) is 0 Å². The van der Waals surface area contributed by atoms with E-state index >= 15 is 0 Å². The average molecular weight is 325 g/mol. The second kappa shape index (κ2) is 6.47. The third-order valence-corrected chi connectivity index (χ3v) is 4.90. The molecule has 0 saturated heterocycles. The van der Waals surface area contributed by atoms with Gasteiger partial charge in [0.1, 0.15) is 0 Å². The minimum absolute atomic E-state index is 0.115. The number of anilines is 1. The highest BCUT2D eigenvalue weighted by atomic mass is 35.5. The van der Waals surface area contributed by atoms with E-state index in [1.807, 2.05) is 19.1 Å². The van der Waals surface area contributed by atoms with Crippen molar-refractivity contribution in [3.8, 4) is 0 Å². The lowest BCUT2D eigenvalue weighted by Gasteiger charge is -2.10. The highest BCUT2D eigenvalue weighted by Gasteiger charge is 2.15. The van der Waals surface area contributed by atoms with E-state index in [0.717, 1.165) is 12.0 Å². The molecule has 0 bridgehead atoms. The van der Waals surface area contributed by atoms with Gasteiger partial charge < -0.3 is 5.73 Å². The van der Waals surface area contributed by atoms with Crippen LogP contribution in [0.15, 0.2) is 47.4 Å². The number of rotatable bonds is 5. The van der Waals surface area contributed by atoms with E-state index in [4.69, 9.17) is 17.3 Å². The predicted molar refractivity (Wildman–Crippen MR) is 86.0 cm³/mol. The quantitative estimate of drug-likeness (QED) is 0.887. The Morgan fingerprint density at radius 1 is 1.14 bits per heavy atom. The monoisotopic (exact) mass is 324 g/mol. The molecule has 0 unspecified atom stereocenters. The number of sulfonamides is 1. The Morgan fingerprint density at radius 3 is 2.33 bits per heavy atom. The van der Waals surface area contributed by atoms with Crippen LogP contribution in [0.4, 0.5) is 5.69 Å². The molecule has 0 heterocycles. The summed E-state index contributed by atoms with van der Waals surface area (Å²) >= 11 is 6.01. The van der Waals surface area contributed by atoms with Gasteiger partial charge in [-0.2, -0.15) is 0 Å². The van der Waals surface area contributed by atoms with Crippen LogP contribution in [-0.4, -0.2) is 8.42 Å². The van der Waals surface area contributed by atoms with E-state index < -0.39 is 10.0 Å². The topological polar surface area (TPSA) is 72.2 Å². The molecule has 6 heteroatoms. The van der Waals surface area contributed by atoms with Gasteiger partial charge in [0, 0.05) is 17.3 Å². The van der Waals surface area contributed by atoms with Crippen LogP contribution in [0.25, 0.3) is 0 Å². The molecule has 0 saturated carbocycles. The molecule has 0 aliphatic rings. The summed E-state index contributed by atoms with van der Waals surface area (Å²) in [7, 11) is -3.66. The van der Waals surface area contributed by atoms with Crippen molar-refractivity contribution < 1.29 is 8.42 Å². The fraction of sp³-hybridized carbons (Fsp3) is 0.200. The standard InChI is InChI=1S/C15H17ClN2O2S/c1-2-11-3-6-13(7-4-11)18-21(19,20)14-8-5-12(10-17)15(16)9-14/h3-9,18H,2,10,17H2,1H3. The van der Waals surface area contributed by atoms with Gasteiger partial charge in [0.05, 0.1) is 4.90 Å². The molecule has 21 heavy (non-hydrogen) atoms. The number of hydrogen-bond acceptors (Lipinski definition) is 3. The Kier molecular flexibility index (Phi) is 4.88. The molecule has 2 rings (SSSR count). The zero-order valence-electron chi connectivity index (χ0n) is 11.6. The summed E-state index contributed by atoms with van der Waals surface area (Å²) in [6.45, 7) is 2.31. The molecule has 0 amide bonds. The van der Waals surface area contributed by atoms with Gasteiger partial charge in [-0.05, 0) is 41.8 Å². The van der Waals surface area contributed by atoms with Gasteiger partial charge in [-0.1, -0.05) is 36.7 Å². The number of halogens is 1. The maximum absolute atomic E-state index is 12.3. The van der Waals surface area contributed by atoms with E-state index in [-0.39, 0.29) is 11.4 Å². The molecule has 4 nitrogen and oxygen atoms in total. The molecule has 0 spiro atoms. The third-order valence-electron chi connectivity index (χ3n) is 3.17. The minimum atomic E-state index is -3.66. The van der Waals surface area contributed by atoms with Crippen LogP contribution in [0.1, 0.15) is 18.1 Å². The number of benzene rings is 2. The van der Waals surface area contributed by atoms with Crippen molar-refractivity contribution in [2.24, 2.45) is 5.73 Å². The number of aryl methyl sites for hydroxylation is 1. The Hall–Kier alpha value is -1.56. The molecular formula is C15H17ClN2O2S. The SMILES string of the molecule is CCc1ccc(NS(=O)(=O)c2ccc(CN)c(Cl)c2)cc1. The second-order valence-electron chi connectivity index (χ2n) is 4.61. The minimum Gasteiger partial charge on any atom is -0.326 e. The second-order valence-corrected chi connectivity index (χ2v) is 6.70. The summed E-state index contributed by atoms with van der Waals surface area (Å²) in [4.78, 5) is 0.115. The van der Waals surface area contributed by atoms with Crippen LogP contribution in [0.3, 0.4) is 0 Å². The van der Waals surface area contributed by atoms with Gasteiger partial charge in [-0.25, -0.2) is 8.42 Å². The molecular weight excluding hydrogens is 308 g/mol. The smallest absolute Gasteiger partial charge is 0.261 e. The largest absolute Gasteiger partial charge is 0.326 e. The van der Waals surface area contributed by atoms with Crippen molar-refractivity contribution in [3.05, 3.63) is 58.6 Å². The van der Waals surface area contributed by atoms with Crippen molar-refractivity contribution in [2.75, 3.05) is 4.72 Å². The molecule has 0 fully saturated rings. The van der Waals surface area contributed by atoms with Crippen LogP contribution < -0.4 is 10.5 Å². The number of nitrogens with one attached hydrogen (secondary N) is 1. The fourth-order valence-electron chi connectivity index (χ4n) is 1.88. The van der Waals surface area contributed by atoms with Gasteiger partial charge in [0.25, 0.3) is 10.0 Å². The van der Waals surface area contributed by atoms with Crippen LogP contribution in [0.2, 0.25) is 5.02 Å². The summed E-state index contributed by atoms with van der Waals surface area (Å²) in [5, 5.41) is 0.349. The molecule has 0 aliphatic heterocycles. The molecule has 0 atom stereocenters. The lowest BCUT2D eigenvalue weighted by Crippen LogP contribution is -2.13. The summed E-state index contributed by atoms with van der Waals surface area (Å²) in [5.41, 5.74) is 7.89. The molecule has 0 aliphatic carbocycles. The van der Waals surface area contributed by atoms with E-state index in [1.54, 1.807) is 18.2 Å². The van der Waals surface area contributed by atoms with Crippen molar-refractivity contribution >= 4 is 27.3 Å². The van der Waals surface area contributed by atoms with Crippen molar-refractivity contribution in [2.45, 2.75) is 24.8 Å². The van der Waals surface area contributed by atoms with E-state index in [2.05, 4.69) is 4.72 Å². The summed E-state index contributed by atoms with van der Waals surface area (Å²) < 4.78 is 27.1. The van der Waals surface area contributed by atoms with Crippen molar-refractivity contribution in [3.63, 3.8) is 0 Å². The van der Waals surface area contributed by atoms with E-state index in [1.165, 1.54) is 12.1 Å². The highest BCUT2D eigenvalue weighted by Crippen LogP contribution is 2.22. The van der Waals surface area contributed by atoms with Crippen LogP contribution >= 0.6 is 11.6 Å². The molecule has 2 aromatic rings. The Balaban J connectivity index is 2.26. The van der Waals surface area contributed by atoms with Gasteiger partial charge in [0.15, 0.2) is 0 Å². The zero-order valence-corrected chi connectivity index (χ0v) is 13.2. The summed E-state index contributed by atoms with van der Waals surface area (Å²) in [6, 6.07) is 11.8. The van der Waals surface area contributed by atoms with Crippen LogP contribution in [-0.2, 0) is 23.0 Å². The number of hydrogen-bond donors (Lipinski definition) is 2. The van der Waals surface area contributed by atoms with Crippen molar-refractivity contribution in [1.82, 2.24) is 0 Å². The van der Waals surface area contributed by atoms with Crippen LogP contribution in [0.5, 0.6) is 0 Å². The normalized spacial score (nSPS) is 11.4. The third kappa shape index (κ3) is 3.75. The van der Waals surface area contributed by atoms with Crippen molar-refractivity contribution in [1.29, 1.82) is 0 Å². The van der Waals surface area contributed by atoms with Gasteiger partial charge in [-0.3, -0.25) is 4.72 Å². The molecule has 3 N–H and O–H groups in total. The van der Waals surface area contributed by atoms with E-state index in [0.29, 0.717) is 16.3 Å². The van der Waals surface area contributed by atoms with Gasteiger partial charge >= 0.3 is 0 Å². The first-order valence-electron chi connectivity index (χ1n) is 6.56. The average Bonchev–Trinajstić information content (AvgIpc) is 2.47. The van der Waals surface area contributed by atoms with E-state index in [9.17, 15) is 8.42 Å². The molecule has 0 aromatic heterocycles. The maximum Gasteiger partial charge on any atom is 0.261 e. The molecule has 112 valence electrons. The highest BCUT2D eigenvalue weighted by molar-refractivity contribution is 7.92. The Morgan fingerprint density at radius 2 is 1.81 bits per heavy atom. The molecule has 0 radical (unpaired) electrons. The predicted octanol–water partition coefficient (Wildman–Crippen LogP) is 3.16. The Labute approximate surface area is 130 Å². The lowest BCUT2D eigenvalue weighted by molar-refractivity contribution is 0.601. The first kappa shape index (κ1) is 15.8. The summed E-state index contributed by atoms with van der Waals surface area (Å²) in [5.74, 6) is 0. The molecule has 2 aromatic carbocycles. The van der Waals surface area contributed by atoms with Gasteiger partial charge in [-0.15, -0.1) is 0 Å². The maximum atomic E-state index is 12.3. The van der Waals surface area contributed by atoms with Crippen LogP contribution in [0, 0.1) is 0 Å². The Bertz CT molecular complexity index is 728.